The zero-order valence-corrected chi connectivity index (χ0v) is 12.7. The van der Waals surface area contributed by atoms with Gasteiger partial charge < -0.3 is 10.6 Å². The lowest BCUT2D eigenvalue weighted by atomic mass is 9.92. The second-order valence-corrected chi connectivity index (χ2v) is 7.98. The second-order valence-electron chi connectivity index (χ2n) is 6.02. The van der Waals surface area contributed by atoms with Gasteiger partial charge in [0.25, 0.3) is 0 Å². The molecule has 2 fully saturated rings. The molecule has 7 heteroatoms. The van der Waals surface area contributed by atoms with Crippen LogP contribution in [0.2, 0.25) is 0 Å². The van der Waals surface area contributed by atoms with Gasteiger partial charge in [-0.05, 0) is 49.9 Å². The molecule has 0 radical (unpaired) electrons. The summed E-state index contributed by atoms with van der Waals surface area (Å²) in [6, 6.07) is 3.00. The summed E-state index contributed by atoms with van der Waals surface area (Å²) in [5.74, 6) is 0.0972. The van der Waals surface area contributed by atoms with Gasteiger partial charge in [0.05, 0.1) is 11.9 Å². The largest absolute Gasteiger partial charge is 0.324 e. The summed E-state index contributed by atoms with van der Waals surface area (Å²) < 4.78 is 22.7. The van der Waals surface area contributed by atoms with E-state index in [1.807, 2.05) is 0 Å². The first kappa shape index (κ1) is 14.5. The van der Waals surface area contributed by atoms with E-state index in [-0.39, 0.29) is 22.3 Å². The van der Waals surface area contributed by atoms with E-state index in [4.69, 9.17) is 0 Å². The first-order valence-corrected chi connectivity index (χ1v) is 8.98. The predicted octanol–water partition coefficient (Wildman–Crippen LogP) is 0.813. The van der Waals surface area contributed by atoms with E-state index in [0.717, 1.165) is 38.6 Å². The molecule has 1 saturated heterocycles. The number of nitrogens with one attached hydrogen (secondary N) is 2. The van der Waals surface area contributed by atoms with Gasteiger partial charge in [-0.2, -0.15) is 0 Å². The molecule has 1 aliphatic heterocycles. The van der Waals surface area contributed by atoms with Crippen molar-refractivity contribution in [2.24, 2.45) is 11.3 Å². The molecule has 2 heterocycles. The number of pyridine rings is 1. The van der Waals surface area contributed by atoms with E-state index in [1.165, 1.54) is 12.3 Å². The van der Waals surface area contributed by atoms with E-state index >= 15 is 0 Å². The Balaban J connectivity index is 1.63. The number of sulfone groups is 1. The number of carbonyl (C=O) groups is 1. The van der Waals surface area contributed by atoms with Crippen LogP contribution in [0.15, 0.2) is 23.4 Å². The molecule has 21 heavy (non-hydrogen) atoms. The van der Waals surface area contributed by atoms with Crippen LogP contribution in [0.25, 0.3) is 0 Å². The number of aromatic nitrogens is 1. The molecule has 1 aliphatic carbocycles. The monoisotopic (exact) mass is 309 g/mol. The Labute approximate surface area is 124 Å². The SMILES string of the molecule is CS(=O)(=O)c1ccc(NC(=O)C2CC23CCNCC3)cn1. The third-order valence-electron chi connectivity index (χ3n) is 4.49. The van der Waals surface area contributed by atoms with E-state index in [1.54, 1.807) is 6.07 Å². The van der Waals surface area contributed by atoms with E-state index in [9.17, 15) is 13.2 Å². The maximum absolute atomic E-state index is 12.3. The topological polar surface area (TPSA) is 88.2 Å². The van der Waals surface area contributed by atoms with Crippen molar-refractivity contribution >= 4 is 21.4 Å². The number of anilines is 1. The number of nitrogens with zero attached hydrogens (tertiary/aromatic N) is 1. The van der Waals surface area contributed by atoms with Crippen molar-refractivity contribution < 1.29 is 13.2 Å². The average Bonchev–Trinajstić information content (AvgIpc) is 3.13. The Bertz CT molecular complexity index is 649. The maximum atomic E-state index is 12.3. The summed E-state index contributed by atoms with van der Waals surface area (Å²) >= 11 is 0. The Kier molecular flexibility index (Phi) is 3.49. The van der Waals surface area contributed by atoms with Gasteiger partial charge in [-0.15, -0.1) is 0 Å². The summed E-state index contributed by atoms with van der Waals surface area (Å²) in [6.07, 6.45) is 5.56. The lowest BCUT2D eigenvalue weighted by Gasteiger charge is -2.23. The molecule has 2 aliphatic rings. The fourth-order valence-corrected chi connectivity index (χ4v) is 3.66. The summed E-state index contributed by atoms with van der Waals surface area (Å²) in [6.45, 7) is 1.96. The van der Waals surface area contributed by atoms with Crippen molar-refractivity contribution in [1.29, 1.82) is 0 Å². The minimum absolute atomic E-state index is 0.0155. The van der Waals surface area contributed by atoms with Crippen LogP contribution in [0.3, 0.4) is 0 Å². The van der Waals surface area contributed by atoms with Crippen molar-refractivity contribution in [3.05, 3.63) is 18.3 Å². The predicted molar refractivity (Wildman–Crippen MR) is 78.6 cm³/mol. The van der Waals surface area contributed by atoms with E-state index in [2.05, 4.69) is 15.6 Å². The molecule has 0 bridgehead atoms. The van der Waals surface area contributed by atoms with Gasteiger partial charge >= 0.3 is 0 Å². The van der Waals surface area contributed by atoms with Crippen molar-refractivity contribution in [1.82, 2.24) is 10.3 Å². The van der Waals surface area contributed by atoms with Gasteiger partial charge in [0.2, 0.25) is 5.91 Å². The number of hydrogen-bond acceptors (Lipinski definition) is 5. The highest BCUT2D eigenvalue weighted by Crippen LogP contribution is 2.58. The van der Waals surface area contributed by atoms with Gasteiger partial charge in [0.15, 0.2) is 14.9 Å². The lowest BCUT2D eigenvalue weighted by Crippen LogP contribution is -2.31. The lowest BCUT2D eigenvalue weighted by molar-refractivity contribution is -0.118. The van der Waals surface area contributed by atoms with Crippen LogP contribution in [-0.4, -0.2) is 38.7 Å². The summed E-state index contributed by atoms with van der Waals surface area (Å²) in [7, 11) is -3.31. The summed E-state index contributed by atoms with van der Waals surface area (Å²) in [4.78, 5) is 16.1. The molecule has 1 unspecified atom stereocenters. The van der Waals surface area contributed by atoms with Crippen molar-refractivity contribution in [3.8, 4) is 0 Å². The zero-order chi connectivity index (χ0) is 15.1. The van der Waals surface area contributed by atoms with Crippen LogP contribution in [-0.2, 0) is 14.6 Å². The Morgan fingerprint density at radius 1 is 1.38 bits per heavy atom. The highest BCUT2D eigenvalue weighted by atomic mass is 32.2. The quantitative estimate of drug-likeness (QED) is 0.863. The molecule has 1 aromatic rings. The smallest absolute Gasteiger partial charge is 0.228 e. The fourth-order valence-electron chi connectivity index (χ4n) is 3.10. The molecule has 114 valence electrons. The van der Waals surface area contributed by atoms with Crippen LogP contribution in [0, 0.1) is 11.3 Å². The molecule has 1 spiro atoms. The molecule has 0 aromatic carbocycles. The van der Waals surface area contributed by atoms with Crippen LogP contribution in [0.5, 0.6) is 0 Å². The van der Waals surface area contributed by atoms with Crippen LogP contribution in [0.4, 0.5) is 5.69 Å². The highest BCUT2D eigenvalue weighted by molar-refractivity contribution is 7.90. The number of amides is 1. The molecular weight excluding hydrogens is 290 g/mol. The van der Waals surface area contributed by atoms with Crippen LogP contribution in [0.1, 0.15) is 19.3 Å². The fraction of sp³-hybridized carbons (Fsp3) is 0.571. The van der Waals surface area contributed by atoms with Crippen LogP contribution >= 0.6 is 0 Å². The second kappa shape index (κ2) is 5.06. The van der Waals surface area contributed by atoms with Crippen LogP contribution < -0.4 is 10.6 Å². The van der Waals surface area contributed by atoms with Gasteiger partial charge in [0, 0.05) is 12.2 Å². The number of rotatable bonds is 3. The van der Waals surface area contributed by atoms with Gasteiger partial charge in [-0.3, -0.25) is 4.79 Å². The number of carbonyl (C=O) groups excluding carboxylic acids is 1. The molecular formula is C14H19N3O3S. The minimum Gasteiger partial charge on any atom is -0.324 e. The molecule has 3 rings (SSSR count). The number of piperidine rings is 1. The van der Waals surface area contributed by atoms with Crippen molar-refractivity contribution in [3.63, 3.8) is 0 Å². The number of hydrogen-bond donors (Lipinski definition) is 2. The van der Waals surface area contributed by atoms with E-state index < -0.39 is 9.84 Å². The molecule has 1 atom stereocenters. The summed E-state index contributed by atoms with van der Waals surface area (Å²) in [5.41, 5.74) is 0.735. The third-order valence-corrected chi connectivity index (χ3v) is 5.49. The van der Waals surface area contributed by atoms with Gasteiger partial charge in [0.1, 0.15) is 0 Å². The maximum Gasteiger partial charge on any atom is 0.228 e. The van der Waals surface area contributed by atoms with Crippen molar-refractivity contribution in [2.75, 3.05) is 24.7 Å². The Morgan fingerprint density at radius 3 is 2.67 bits per heavy atom. The van der Waals surface area contributed by atoms with Gasteiger partial charge in [-0.1, -0.05) is 0 Å². The molecule has 1 saturated carbocycles. The van der Waals surface area contributed by atoms with E-state index in [0.29, 0.717) is 5.69 Å². The molecule has 1 amide bonds. The third kappa shape index (κ3) is 2.94. The van der Waals surface area contributed by atoms with Crippen molar-refractivity contribution in [2.45, 2.75) is 24.3 Å². The average molecular weight is 309 g/mol. The first-order valence-electron chi connectivity index (χ1n) is 7.08. The Hall–Kier alpha value is -1.47. The highest BCUT2D eigenvalue weighted by Gasteiger charge is 2.57. The summed E-state index contributed by atoms with van der Waals surface area (Å²) in [5, 5.41) is 6.16. The molecule has 2 N–H and O–H groups in total. The Morgan fingerprint density at radius 2 is 2.10 bits per heavy atom. The molecule has 1 aromatic heterocycles. The van der Waals surface area contributed by atoms with Gasteiger partial charge in [-0.25, -0.2) is 13.4 Å². The molecule has 6 nitrogen and oxygen atoms in total. The first-order chi connectivity index (χ1) is 9.91. The zero-order valence-electron chi connectivity index (χ0n) is 11.9. The standard InChI is InChI=1S/C14H19N3O3S/c1-21(19,20)12-3-2-10(9-16-12)17-13(18)11-8-14(11)4-6-15-7-5-14/h2-3,9,11,15H,4-8H2,1H3,(H,17,18). The minimum atomic E-state index is -3.31. The normalized spacial score (nSPS) is 23.8.